The highest BCUT2D eigenvalue weighted by Crippen LogP contribution is 2.65. The molecule has 3 amide bonds. The molecule has 0 aromatic heterocycles. The maximum absolute atomic E-state index is 13.8. The van der Waals surface area contributed by atoms with Crippen LogP contribution in [0.4, 0.5) is 5.69 Å². The SMILES string of the molecule is CC(C)COC(=O)c1ccc(NC(=O)[C@H](Cc2ccccc2)N2C(=O)[C@@H]3[C@H]4C=C[C@@H]([C@@H]5C[C@@H]45)[C@@H]3C2=O)cc1. The quantitative estimate of drug-likeness (QED) is 0.327. The average molecular weight is 513 g/mol. The predicted octanol–water partition coefficient (Wildman–Crippen LogP) is 4.10. The van der Waals surface area contributed by atoms with E-state index in [1.165, 1.54) is 4.90 Å². The van der Waals surface area contributed by atoms with Gasteiger partial charge in [-0.25, -0.2) is 4.79 Å². The molecule has 7 heteroatoms. The van der Waals surface area contributed by atoms with E-state index in [1.54, 1.807) is 24.3 Å². The molecular formula is C31H32N2O5. The van der Waals surface area contributed by atoms with Crippen molar-refractivity contribution in [3.63, 3.8) is 0 Å². The average Bonchev–Trinajstić information content (AvgIpc) is 3.70. The van der Waals surface area contributed by atoms with Crippen LogP contribution in [0.2, 0.25) is 0 Å². The van der Waals surface area contributed by atoms with Gasteiger partial charge in [0.2, 0.25) is 17.7 Å². The van der Waals surface area contributed by atoms with Crippen molar-refractivity contribution in [2.45, 2.75) is 32.7 Å². The summed E-state index contributed by atoms with van der Waals surface area (Å²) in [5.74, 6) is -0.578. The number of ether oxygens (including phenoxy) is 1. The lowest BCUT2D eigenvalue weighted by atomic mass is 9.63. The van der Waals surface area contributed by atoms with Gasteiger partial charge in [0.15, 0.2) is 0 Å². The van der Waals surface area contributed by atoms with E-state index in [0.717, 1.165) is 12.0 Å². The third-order valence-corrected chi connectivity index (χ3v) is 8.52. The molecule has 7 nitrogen and oxygen atoms in total. The van der Waals surface area contributed by atoms with Crippen LogP contribution in [0.3, 0.4) is 0 Å². The number of esters is 1. The largest absolute Gasteiger partial charge is 0.462 e. The number of imide groups is 1. The molecule has 4 aliphatic carbocycles. The minimum atomic E-state index is -0.964. The lowest BCUT2D eigenvalue weighted by Crippen LogP contribution is -2.49. The summed E-state index contributed by atoms with van der Waals surface area (Å²) in [6, 6.07) is 15.0. The van der Waals surface area contributed by atoms with Crippen molar-refractivity contribution >= 4 is 29.4 Å². The van der Waals surface area contributed by atoms with Crippen LogP contribution in [0.5, 0.6) is 0 Å². The van der Waals surface area contributed by atoms with Crippen LogP contribution in [-0.2, 0) is 25.5 Å². The number of nitrogens with one attached hydrogen (secondary N) is 1. The minimum Gasteiger partial charge on any atom is -0.462 e. The van der Waals surface area contributed by atoms with E-state index in [-0.39, 0.29) is 47.8 Å². The van der Waals surface area contributed by atoms with E-state index in [2.05, 4.69) is 17.5 Å². The van der Waals surface area contributed by atoms with Gasteiger partial charge >= 0.3 is 5.97 Å². The Morgan fingerprint density at radius 1 is 0.921 bits per heavy atom. The molecule has 0 radical (unpaired) electrons. The van der Waals surface area contributed by atoms with Crippen molar-refractivity contribution in [2.75, 3.05) is 11.9 Å². The summed E-state index contributed by atoms with van der Waals surface area (Å²) in [7, 11) is 0. The Bertz CT molecular complexity index is 1270. The van der Waals surface area contributed by atoms with Crippen molar-refractivity contribution in [2.24, 2.45) is 41.4 Å². The van der Waals surface area contributed by atoms with Crippen molar-refractivity contribution in [3.8, 4) is 0 Å². The molecule has 7 rings (SSSR count). The molecule has 1 N–H and O–H groups in total. The van der Waals surface area contributed by atoms with Gasteiger partial charge in [0.25, 0.3) is 0 Å². The van der Waals surface area contributed by atoms with E-state index < -0.39 is 17.9 Å². The summed E-state index contributed by atoms with van der Waals surface area (Å²) >= 11 is 0. The zero-order chi connectivity index (χ0) is 26.6. The number of carbonyl (C=O) groups is 4. The number of nitrogens with zero attached hydrogens (tertiary/aromatic N) is 1. The summed E-state index contributed by atoms with van der Waals surface area (Å²) in [6.07, 6.45) is 5.59. The molecule has 5 aliphatic rings. The standard InChI is InChI=1S/C31H32N2O5/c1-17(2)16-38-31(37)19-8-10-20(11-9-19)32-28(34)25(14-18-6-4-3-5-7-18)33-29(35)26-21-12-13-22(24-15-23(21)24)27(26)30(33)36/h3-13,17,21-27H,14-16H2,1-2H3,(H,32,34)/t21-,22-,23-,24-,25-,26-,27+/m0/s1. The second kappa shape index (κ2) is 9.53. The minimum absolute atomic E-state index is 0.0971. The Labute approximate surface area is 222 Å². The van der Waals surface area contributed by atoms with Crippen molar-refractivity contribution in [1.82, 2.24) is 4.90 Å². The number of rotatable bonds is 8. The number of likely N-dealkylation sites (tertiary alicyclic amines) is 1. The van der Waals surface area contributed by atoms with Crippen LogP contribution >= 0.6 is 0 Å². The van der Waals surface area contributed by atoms with Crippen LogP contribution < -0.4 is 5.32 Å². The molecule has 1 saturated heterocycles. The summed E-state index contributed by atoms with van der Waals surface area (Å²) in [6.45, 7) is 4.26. The molecule has 0 spiro atoms. The maximum Gasteiger partial charge on any atom is 0.338 e. The molecule has 7 atom stereocenters. The topological polar surface area (TPSA) is 92.8 Å². The normalized spacial score (nSPS) is 29.2. The van der Waals surface area contributed by atoms with Gasteiger partial charge < -0.3 is 10.1 Å². The fourth-order valence-corrected chi connectivity index (χ4v) is 6.67. The summed E-state index contributed by atoms with van der Waals surface area (Å²) < 4.78 is 5.27. The first-order valence-electron chi connectivity index (χ1n) is 13.5. The molecule has 2 aromatic rings. The highest BCUT2D eigenvalue weighted by molar-refractivity contribution is 6.10. The number of hydrogen-bond acceptors (Lipinski definition) is 5. The number of hydrogen-bond donors (Lipinski definition) is 1. The molecule has 1 heterocycles. The van der Waals surface area contributed by atoms with E-state index in [4.69, 9.17) is 4.74 Å². The lowest BCUT2D eigenvalue weighted by Gasteiger charge is -2.37. The molecule has 3 fully saturated rings. The van der Waals surface area contributed by atoms with Crippen molar-refractivity contribution in [1.29, 1.82) is 0 Å². The smallest absolute Gasteiger partial charge is 0.338 e. The van der Waals surface area contributed by atoms with Gasteiger partial charge in [-0.3, -0.25) is 19.3 Å². The van der Waals surface area contributed by atoms with Crippen molar-refractivity contribution < 1.29 is 23.9 Å². The number of anilines is 1. The van der Waals surface area contributed by atoms with Gasteiger partial charge in [0.1, 0.15) is 6.04 Å². The molecular weight excluding hydrogens is 480 g/mol. The van der Waals surface area contributed by atoms with Gasteiger partial charge in [-0.2, -0.15) is 0 Å². The molecule has 1 aliphatic heterocycles. The Balaban J connectivity index is 1.23. The Kier molecular flexibility index (Phi) is 6.17. The number of carbonyl (C=O) groups excluding carboxylic acids is 4. The third-order valence-electron chi connectivity index (χ3n) is 8.52. The summed E-state index contributed by atoms with van der Waals surface area (Å²) in [4.78, 5) is 54.7. The van der Waals surface area contributed by atoms with E-state index >= 15 is 0 Å². The maximum atomic E-state index is 13.8. The van der Waals surface area contributed by atoms with E-state index in [9.17, 15) is 19.2 Å². The third kappa shape index (κ3) is 4.24. The van der Waals surface area contributed by atoms with Crippen LogP contribution in [0.25, 0.3) is 0 Å². The van der Waals surface area contributed by atoms with Crippen LogP contribution in [0.1, 0.15) is 36.2 Å². The molecule has 196 valence electrons. The number of amides is 3. The van der Waals surface area contributed by atoms with Crippen LogP contribution in [0.15, 0.2) is 66.7 Å². The summed E-state index contributed by atoms with van der Waals surface area (Å²) in [5, 5.41) is 2.88. The van der Waals surface area contributed by atoms with Gasteiger partial charge in [-0.05, 0) is 65.8 Å². The number of benzene rings is 2. The fraction of sp³-hybridized carbons (Fsp3) is 0.419. The fourth-order valence-electron chi connectivity index (χ4n) is 6.67. The van der Waals surface area contributed by atoms with Crippen LogP contribution in [-0.4, -0.2) is 41.2 Å². The molecule has 38 heavy (non-hydrogen) atoms. The Hall–Kier alpha value is -3.74. The zero-order valence-electron chi connectivity index (χ0n) is 21.6. The van der Waals surface area contributed by atoms with Gasteiger partial charge in [0.05, 0.1) is 24.0 Å². The zero-order valence-corrected chi connectivity index (χ0v) is 21.6. The highest BCUT2D eigenvalue weighted by atomic mass is 16.5. The first-order chi connectivity index (χ1) is 18.3. The van der Waals surface area contributed by atoms with Gasteiger partial charge in [0, 0.05) is 12.1 Å². The first-order valence-corrected chi connectivity index (χ1v) is 13.5. The highest BCUT2D eigenvalue weighted by Gasteiger charge is 2.67. The molecule has 2 saturated carbocycles. The monoisotopic (exact) mass is 512 g/mol. The lowest BCUT2D eigenvalue weighted by molar-refractivity contribution is -0.146. The molecule has 0 unspecified atom stereocenters. The first kappa shape index (κ1) is 24.6. The van der Waals surface area contributed by atoms with Gasteiger partial charge in [-0.15, -0.1) is 0 Å². The van der Waals surface area contributed by atoms with E-state index in [0.29, 0.717) is 29.7 Å². The van der Waals surface area contributed by atoms with Crippen molar-refractivity contribution in [3.05, 3.63) is 77.9 Å². The molecule has 2 aromatic carbocycles. The second-order valence-electron chi connectivity index (χ2n) is 11.5. The summed E-state index contributed by atoms with van der Waals surface area (Å²) in [5.41, 5.74) is 1.74. The van der Waals surface area contributed by atoms with Crippen LogP contribution in [0, 0.1) is 41.4 Å². The second-order valence-corrected chi connectivity index (χ2v) is 11.5. The predicted molar refractivity (Wildman–Crippen MR) is 141 cm³/mol. The van der Waals surface area contributed by atoms with Gasteiger partial charge in [-0.1, -0.05) is 56.3 Å². The Morgan fingerprint density at radius 2 is 1.53 bits per heavy atom. The molecule has 2 bridgehead atoms. The number of allylic oxidation sites excluding steroid dienone is 2. The Morgan fingerprint density at radius 3 is 2.11 bits per heavy atom. The van der Waals surface area contributed by atoms with E-state index in [1.807, 2.05) is 44.2 Å².